The molecular weight excluding hydrogens is 386 g/mol. The Bertz CT molecular complexity index is 1280. The van der Waals surface area contributed by atoms with Crippen molar-refractivity contribution in [2.75, 3.05) is 13.1 Å². The minimum absolute atomic E-state index is 0.0876. The van der Waals surface area contributed by atoms with Crippen LogP contribution in [-0.2, 0) is 6.54 Å². The van der Waals surface area contributed by atoms with E-state index in [1.807, 2.05) is 43.0 Å². The molecule has 1 fully saturated rings. The van der Waals surface area contributed by atoms with Crippen molar-refractivity contribution in [3.05, 3.63) is 65.2 Å². The highest BCUT2D eigenvalue weighted by Gasteiger charge is 2.25. The Kier molecular flexibility index (Phi) is 4.93. The second-order valence-electron chi connectivity index (χ2n) is 8.59. The van der Waals surface area contributed by atoms with Crippen LogP contribution in [0.15, 0.2) is 42.5 Å². The number of amides is 1. The third kappa shape index (κ3) is 3.67. The number of rotatable bonds is 3. The van der Waals surface area contributed by atoms with Gasteiger partial charge in [0.25, 0.3) is 5.91 Å². The van der Waals surface area contributed by atoms with E-state index in [1.165, 1.54) is 5.52 Å². The third-order valence-electron chi connectivity index (χ3n) is 6.51. The fourth-order valence-corrected chi connectivity index (χ4v) is 4.55. The smallest absolute Gasteiger partial charge is 0.253 e. The molecule has 0 unspecified atom stereocenters. The zero-order chi connectivity index (χ0) is 21.5. The van der Waals surface area contributed by atoms with Gasteiger partial charge < -0.3 is 9.47 Å². The summed E-state index contributed by atoms with van der Waals surface area (Å²) in [6.07, 6.45) is 2.01. The summed E-state index contributed by atoms with van der Waals surface area (Å²) < 4.78 is 2.32. The molecule has 2 aromatic heterocycles. The molecule has 0 atom stereocenters. The summed E-state index contributed by atoms with van der Waals surface area (Å²) in [4.78, 5) is 28.9. The van der Waals surface area contributed by atoms with Crippen LogP contribution < -0.4 is 0 Å². The van der Waals surface area contributed by atoms with Crippen LogP contribution in [0.1, 0.15) is 40.4 Å². The van der Waals surface area contributed by atoms with Crippen molar-refractivity contribution in [2.45, 2.75) is 40.2 Å². The molecule has 6 nitrogen and oxygen atoms in total. The van der Waals surface area contributed by atoms with E-state index in [0.717, 1.165) is 66.2 Å². The predicted molar refractivity (Wildman–Crippen MR) is 122 cm³/mol. The first-order chi connectivity index (χ1) is 15.0. The lowest BCUT2D eigenvalue weighted by Gasteiger charge is -2.32. The number of para-hydroxylation sites is 2. The first-order valence-corrected chi connectivity index (χ1v) is 11.0. The number of piperidine rings is 1. The van der Waals surface area contributed by atoms with Crippen LogP contribution in [0.3, 0.4) is 0 Å². The number of aromatic nitrogens is 4. The second-order valence-corrected chi connectivity index (χ2v) is 8.59. The van der Waals surface area contributed by atoms with E-state index >= 15 is 0 Å². The number of carbonyl (C=O) groups is 1. The number of aryl methyl sites for hydroxylation is 3. The SMILES string of the molecule is Cc1nc2ccc(C(=O)N3CCC(Cn4c(C)nc5ccccc54)CC3)cc2nc1C. The van der Waals surface area contributed by atoms with Crippen LogP contribution in [0.4, 0.5) is 0 Å². The molecule has 0 bridgehead atoms. The van der Waals surface area contributed by atoms with E-state index in [0.29, 0.717) is 11.5 Å². The summed E-state index contributed by atoms with van der Waals surface area (Å²) in [5, 5.41) is 0. The normalized spacial score (nSPS) is 15.1. The van der Waals surface area contributed by atoms with E-state index in [9.17, 15) is 4.79 Å². The van der Waals surface area contributed by atoms with E-state index in [-0.39, 0.29) is 5.91 Å². The number of hydrogen-bond donors (Lipinski definition) is 0. The molecule has 3 heterocycles. The van der Waals surface area contributed by atoms with Crippen LogP contribution in [0, 0.1) is 26.7 Å². The van der Waals surface area contributed by atoms with E-state index in [2.05, 4.69) is 44.6 Å². The second kappa shape index (κ2) is 7.76. The zero-order valence-corrected chi connectivity index (χ0v) is 18.3. The molecule has 0 radical (unpaired) electrons. The van der Waals surface area contributed by atoms with Gasteiger partial charge in [0.05, 0.1) is 33.5 Å². The summed E-state index contributed by atoms with van der Waals surface area (Å²) in [5.74, 6) is 1.69. The molecule has 0 spiro atoms. The molecule has 1 aliphatic heterocycles. The maximum absolute atomic E-state index is 13.1. The fourth-order valence-electron chi connectivity index (χ4n) is 4.55. The molecule has 1 saturated heterocycles. The molecule has 2 aromatic carbocycles. The standard InChI is InChI=1S/C25H27N5O/c1-16-17(2)27-23-14-20(8-9-21(23)26-16)25(31)29-12-10-19(11-13-29)15-30-18(3)28-22-6-4-5-7-24(22)30/h4-9,14,19H,10-13,15H2,1-3H3. The number of fused-ring (bicyclic) bond motifs is 2. The number of imidazole rings is 1. The molecule has 0 N–H and O–H groups in total. The molecule has 158 valence electrons. The van der Waals surface area contributed by atoms with Gasteiger partial charge in [0.1, 0.15) is 5.82 Å². The van der Waals surface area contributed by atoms with Gasteiger partial charge in [0, 0.05) is 25.2 Å². The van der Waals surface area contributed by atoms with E-state index < -0.39 is 0 Å². The molecule has 1 amide bonds. The van der Waals surface area contributed by atoms with Crippen LogP contribution in [0.5, 0.6) is 0 Å². The lowest BCUT2D eigenvalue weighted by atomic mass is 9.96. The third-order valence-corrected chi connectivity index (χ3v) is 6.51. The quantitative estimate of drug-likeness (QED) is 0.498. The van der Waals surface area contributed by atoms with Gasteiger partial charge in [0.15, 0.2) is 0 Å². The molecule has 0 aliphatic carbocycles. The largest absolute Gasteiger partial charge is 0.339 e. The van der Waals surface area contributed by atoms with Crippen molar-refractivity contribution in [3.8, 4) is 0 Å². The summed E-state index contributed by atoms with van der Waals surface area (Å²) in [7, 11) is 0. The van der Waals surface area contributed by atoms with Gasteiger partial charge in [0.2, 0.25) is 0 Å². The first kappa shape index (κ1) is 19.7. The van der Waals surface area contributed by atoms with Gasteiger partial charge in [-0.2, -0.15) is 0 Å². The minimum atomic E-state index is 0.0876. The molecule has 1 aliphatic rings. The molecular formula is C25H27N5O. The van der Waals surface area contributed by atoms with Gasteiger partial charge in [-0.25, -0.2) is 15.0 Å². The number of hydrogen-bond acceptors (Lipinski definition) is 4. The summed E-state index contributed by atoms with van der Waals surface area (Å²) >= 11 is 0. The predicted octanol–water partition coefficient (Wildman–Crippen LogP) is 4.46. The van der Waals surface area contributed by atoms with Gasteiger partial charge in [-0.15, -0.1) is 0 Å². The summed E-state index contributed by atoms with van der Waals surface area (Å²) in [5.41, 5.74) is 6.39. The zero-order valence-electron chi connectivity index (χ0n) is 18.3. The maximum atomic E-state index is 13.1. The van der Waals surface area contributed by atoms with Crippen molar-refractivity contribution in [1.82, 2.24) is 24.4 Å². The average molecular weight is 414 g/mol. The lowest BCUT2D eigenvalue weighted by molar-refractivity contribution is 0.0683. The number of nitrogens with zero attached hydrogens (tertiary/aromatic N) is 5. The van der Waals surface area contributed by atoms with Crippen LogP contribution in [-0.4, -0.2) is 43.4 Å². The van der Waals surface area contributed by atoms with Crippen molar-refractivity contribution in [2.24, 2.45) is 5.92 Å². The summed E-state index contributed by atoms with van der Waals surface area (Å²) in [6, 6.07) is 14.0. The highest BCUT2D eigenvalue weighted by atomic mass is 16.2. The topological polar surface area (TPSA) is 63.9 Å². The Labute approximate surface area is 181 Å². The Morgan fingerprint density at radius 3 is 2.39 bits per heavy atom. The molecule has 6 heteroatoms. The number of likely N-dealkylation sites (tertiary alicyclic amines) is 1. The Morgan fingerprint density at radius 2 is 1.61 bits per heavy atom. The van der Waals surface area contributed by atoms with Gasteiger partial charge in [-0.3, -0.25) is 4.79 Å². The molecule has 4 aromatic rings. The van der Waals surface area contributed by atoms with E-state index in [4.69, 9.17) is 0 Å². The summed E-state index contributed by atoms with van der Waals surface area (Å²) in [6.45, 7) is 8.51. The number of benzene rings is 2. The number of carbonyl (C=O) groups excluding carboxylic acids is 1. The monoisotopic (exact) mass is 413 g/mol. The van der Waals surface area contributed by atoms with Crippen molar-refractivity contribution in [1.29, 1.82) is 0 Å². The highest BCUT2D eigenvalue weighted by molar-refractivity contribution is 5.97. The maximum Gasteiger partial charge on any atom is 0.253 e. The Balaban J connectivity index is 1.28. The molecule has 31 heavy (non-hydrogen) atoms. The molecule has 0 saturated carbocycles. The molecule has 5 rings (SSSR count). The van der Waals surface area contributed by atoms with Crippen molar-refractivity contribution >= 4 is 28.0 Å². The van der Waals surface area contributed by atoms with Gasteiger partial charge in [-0.05, 0) is 69.9 Å². The van der Waals surface area contributed by atoms with Crippen molar-refractivity contribution < 1.29 is 4.79 Å². The highest BCUT2D eigenvalue weighted by Crippen LogP contribution is 2.25. The Morgan fingerprint density at radius 1 is 0.903 bits per heavy atom. The van der Waals surface area contributed by atoms with Crippen LogP contribution >= 0.6 is 0 Å². The first-order valence-electron chi connectivity index (χ1n) is 11.0. The van der Waals surface area contributed by atoms with E-state index in [1.54, 1.807) is 0 Å². The average Bonchev–Trinajstić information content (AvgIpc) is 3.09. The minimum Gasteiger partial charge on any atom is -0.339 e. The van der Waals surface area contributed by atoms with Crippen LogP contribution in [0.2, 0.25) is 0 Å². The fraction of sp³-hybridized carbons (Fsp3) is 0.360. The van der Waals surface area contributed by atoms with Crippen LogP contribution in [0.25, 0.3) is 22.1 Å². The van der Waals surface area contributed by atoms with Crippen molar-refractivity contribution in [3.63, 3.8) is 0 Å². The lowest BCUT2D eigenvalue weighted by Crippen LogP contribution is -2.39. The van der Waals surface area contributed by atoms with Gasteiger partial charge in [-0.1, -0.05) is 12.1 Å². The Hall–Kier alpha value is -3.28. The van der Waals surface area contributed by atoms with Gasteiger partial charge >= 0.3 is 0 Å².